The second-order valence-corrected chi connectivity index (χ2v) is 12.8. The number of thioether (sulfide) groups is 1. The van der Waals surface area contributed by atoms with E-state index < -0.39 is 17.1 Å². The van der Waals surface area contributed by atoms with E-state index >= 15 is 0 Å². The first-order valence-electron chi connectivity index (χ1n) is 16.6. The number of ether oxygens (including phenoxy) is 3. The molecule has 10 heteroatoms. The number of hydrogen-bond acceptors (Lipinski definition) is 7. The fourth-order valence-corrected chi connectivity index (χ4v) is 6.53. The van der Waals surface area contributed by atoms with Gasteiger partial charge in [-0.15, -0.1) is 11.8 Å². The van der Waals surface area contributed by atoms with Gasteiger partial charge in [-0.2, -0.15) is 0 Å². The number of rotatable bonds is 14. The van der Waals surface area contributed by atoms with Crippen molar-refractivity contribution in [3.63, 3.8) is 0 Å². The molecule has 0 heterocycles. The molecule has 1 atom stereocenters. The summed E-state index contributed by atoms with van der Waals surface area (Å²) in [6.45, 7) is 4.06. The molecule has 0 aliphatic carbocycles. The molecule has 0 aromatic heterocycles. The van der Waals surface area contributed by atoms with E-state index in [4.69, 9.17) is 14.2 Å². The third-order valence-corrected chi connectivity index (χ3v) is 9.53. The van der Waals surface area contributed by atoms with Crippen LogP contribution in [-0.2, 0) is 16.0 Å². The van der Waals surface area contributed by atoms with Gasteiger partial charge in [0.1, 0.15) is 16.7 Å². The maximum Gasteiger partial charge on any atom is 0.272 e. The molecule has 5 aromatic carbocycles. The Bertz CT molecular complexity index is 2050. The minimum Gasteiger partial charge on any atom is -0.496 e. The smallest absolute Gasteiger partial charge is 0.272 e. The molecular formula is C42H41N3O6S. The van der Waals surface area contributed by atoms with Crippen LogP contribution in [0.25, 0.3) is 6.08 Å². The first kappa shape index (κ1) is 37.3. The van der Waals surface area contributed by atoms with Gasteiger partial charge < -0.3 is 30.2 Å². The van der Waals surface area contributed by atoms with Gasteiger partial charge in [-0.05, 0) is 78.6 Å². The van der Waals surface area contributed by atoms with Gasteiger partial charge in [-0.1, -0.05) is 73.7 Å². The minimum absolute atomic E-state index is 0.0266. The zero-order valence-electron chi connectivity index (χ0n) is 29.7. The predicted molar refractivity (Wildman–Crippen MR) is 207 cm³/mol. The van der Waals surface area contributed by atoms with Crippen molar-refractivity contribution in [1.29, 1.82) is 0 Å². The summed E-state index contributed by atoms with van der Waals surface area (Å²) in [5, 5.41) is 8.29. The first-order valence-corrected chi connectivity index (χ1v) is 17.5. The van der Waals surface area contributed by atoms with Gasteiger partial charge in [0.15, 0.2) is 11.5 Å². The SMILES string of the molecule is CCc1cccc(C)c1NC(=O)C(Sc1ccc(NC(=O)/C(=C/c2cc(OC)c(OC)cc2OC)NC(=O)c2ccccc2)cc1)c1ccccc1. The lowest BCUT2D eigenvalue weighted by Crippen LogP contribution is -2.30. The lowest BCUT2D eigenvalue weighted by molar-refractivity contribution is -0.116. The van der Waals surface area contributed by atoms with E-state index in [2.05, 4.69) is 22.9 Å². The van der Waals surface area contributed by atoms with E-state index in [0.717, 1.165) is 33.7 Å². The van der Waals surface area contributed by atoms with Crippen LogP contribution in [0.2, 0.25) is 0 Å². The molecule has 266 valence electrons. The van der Waals surface area contributed by atoms with Crippen LogP contribution in [-0.4, -0.2) is 39.1 Å². The molecule has 0 spiro atoms. The number of hydrogen-bond donors (Lipinski definition) is 3. The van der Waals surface area contributed by atoms with Gasteiger partial charge in [0.25, 0.3) is 11.8 Å². The number of benzene rings is 5. The summed E-state index contributed by atoms with van der Waals surface area (Å²) >= 11 is 1.41. The molecule has 5 rings (SSSR count). The summed E-state index contributed by atoms with van der Waals surface area (Å²) in [4.78, 5) is 41.7. The van der Waals surface area contributed by atoms with Crippen molar-refractivity contribution in [1.82, 2.24) is 5.32 Å². The van der Waals surface area contributed by atoms with E-state index in [9.17, 15) is 14.4 Å². The van der Waals surface area contributed by atoms with Gasteiger partial charge >= 0.3 is 0 Å². The Morgan fingerprint density at radius 1 is 0.731 bits per heavy atom. The molecule has 0 radical (unpaired) electrons. The molecular weight excluding hydrogens is 675 g/mol. The Hall–Kier alpha value is -6.00. The molecule has 1 unspecified atom stereocenters. The fourth-order valence-electron chi connectivity index (χ4n) is 5.51. The highest BCUT2D eigenvalue weighted by molar-refractivity contribution is 8.00. The van der Waals surface area contributed by atoms with Gasteiger partial charge in [0.2, 0.25) is 5.91 Å². The second kappa shape index (κ2) is 17.8. The van der Waals surface area contributed by atoms with Gasteiger partial charge in [0, 0.05) is 33.5 Å². The number of carbonyl (C=O) groups is 3. The minimum atomic E-state index is -0.562. The van der Waals surface area contributed by atoms with Gasteiger partial charge in [-0.3, -0.25) is 14.4 Å². The largest absolute Gasteiger partial charge is 0.496 e. The molecule has 52 heavy (non-hydrogen) atoms. The normalized spacial score (nSPS) is 11.6. The third-order valence-electron chi connectivity index (χ3n) is 8.26. The lowest BCUT2D eigenvalue weighted by atomic mass is 10.1. The molecule has 5 aromatic rings. The van der Waals surface area contributed by atoms with Crippen molar-refractivity contribution >= 4 is 46.9 Å². The van der Waals surface area contributed by atoms with Crippen LogP contribution in [0.15, 0.2) is 126 Å². The van der Waals surface area contributed by atoms with Crippen molar-refractivity contribution in [2.24, 2.45) is 0 Å². The Labute approximate surface area is 308 Å². The molecule has 0 aliphatic heterocycles. The van der Waals surface area contributed by atoms with Gasteiger partial charge in [0.05, 0.1) is 21.3 Å². The van der Waals surface area contributed by atoms with E-state index in [1.807, 2.05) is 67.6 Å². The third kappa shape index (κ3) is 9.21. The summed E-state index contributed by atoms with van der Waals surface area (Å²) in [6, 6.07) is 34.7. The Morgan fingerprint density at radius 3 is 2.00 bits per heavy atom. The van der Waals surface area contributed by atoms with Crippen LogP contribution in [0.1, 0.15) is 44.8 Å². The highest BCUT2D eigenvalue weighted by Gasteiger charge is 2.24. The average Bonchev–Trinajstić information content (AvgIpc) is 3.18. The number of methoxy groups -OCH3 is 3. The molecule has 0 bridgehead atoms. The molecule has 3 amide bonds. The van der Waals surface area contributed by atoms with Crippen molar-refractivity contribution in [3.8, 4) is 17.2 Å². The Kier molecular flexibility index (Phi) is 12.7. The topological polar surface area (TPSA) is 115 Å². The maximum absolute atomic E-state index is 13.8. The summed E-state index contributed by atoms with van der Waals surface area (Å²) in [5.74, 6) is 0.115. The van der Waals surface area contributed by atoms with Crippen molar-refractivity contribution < 1.29 is 28.6 Å². The van der Waals surface area contributed by atoms with Crippen molar-refractivity contribution in [2.75, 3.05) is 32.0 Å². The fraction of sp³-hybridized carbons (Fsp3) is 0.167. The quantitative estimate of drug-likeness (QED) is 0.0781. The molecule has 0 saturated carbocycles. The summed E-state index contributed by atoms with van der Waals surface area (Å²) in [6.07, 6.45) is 2.31. The monoisotopic (exact) mass is 715 g/mol. The molecule has 0 saturated heterocycles. The Balaban J connectivity index is 1.40. The van der Waals surface area contributed by atoms with E-state index in [-0.39, 0.29) is 11.6 Å². The standard InChI is InChI=1S/C42H41N3O6S/c1-6-28-19-13-14-27(2)38(28)45-42(48)39(29-15-9-7-10-16-29)52-33-22-20-32(21-23-33)43-41(47)34(44-40(46)30-17-11-8-12-18-30)24-31-25-36(50-4)37(51-5)26-35(31)49-3/h7-26,39H,6H2,1-5H3,(H,43,47)(H,44,46)(H,45,48)/b34-24-. The van der Waals surface area contributed by atoms with Crippen LogP contribution in [0, 0.1) is 6.92 Å². The van der Waals surface area contributed by atoms with Crippen molar-refractivity contribution in [2.45, 2.75) is 30.4 Å². The summed E-state index contributed by atoms with van der Waals surface area (Å²) in [7, 11) is 4.52. The highest BCUT2D eigenvalue weighted by Crippen LogP contribution is 2.38. The first-order chi connectivity index (χ1) is 25.2. The van der Waals surface area contributed by atoms with Crippen molar-refractivity contribution in [3.05, 3.63) is 149 Å². The van der Waals surface area contributed by atoms with E-state index in [1.54, 1.807) is 54.6 Å². The zero-order chi connectivity index (χ0) is 37.0. The number of carbonyl (C=O) groups excluding carboxylic acids is 3. The number of anilines is 2. The predicted octanol–water partition coefficient (Wildman–Crippen LogP) is 8.46. The Morgan fingerprint density at radius 2 is 1.37 bits per heavy atom. The number of nitrogens with one attached hydrogen (secondary N) is 3. The number of amides is 3. The zero-order valence-corrected chi connectivity index (χ0v) is 30.5. The molecule has 9 nitrogen and oxygen atoms in total. The summed E-state index contributed by atoms with van der Waals surface area (Å²) in [5.41, 5.74) is 5.10. The van der Waals surface area contributed by atoms with Crippen LogP contribution in [0.4, 0.5) is 11.4 Å². The van der Waals surface area contributed by atoms with Crippen LogP contribution < -0.4 is 30.2 Å². The summed E-state index contributed by atoms with van der Waals surface area (Å²) < 4.78 is 16.4. The van der Waals surface area contributed by atoms with E-state index in [1.165, 1.54) is 39.2 Å². The van der Waals surface area contributed by atoms with Crippen LogP contribution >= 0.6 is 11.8 Å². The molecule has 0 aliphatic rings. The number of aryl methyl sites for hydroxylation is 2. The van der Waals surface area contributed by atoms with Gasteiger partial charge in [-0.25, -0.2) is 0 Å². The maximum atomic E-state index is 13.8. The second-order valence-electron chi connectivity index (χ2n) is 11.7. The van der Waals surface area contributed by atoms with E-state index in [0.29, 0.717) is 34.1 Å². The highest BCUT2D eigenvalue weighted by atomic mass is 32.2. The van der Waals surface area contributed by atoms with Crippen LogP contribution in [0.3, 0.4) is 0 Å². The number of para-hydroxylation sites is 1. The molecule has 3 N–H and O–H groups in total. The average molecular weight is 716 g/mol. The molecule has 0 fully saturated rings. The lowest BCUT2D eigenvalue weighted by Gasteiger charge is -2.20. The van der Waals surface area contributed by atoms with Crippen LogP contribution in [0.5, 0.6) is 17.2 Å².